The van der Waals surface area contributed by atoms with Gasteiger partial charge in [0.2, 0.25) is 0 Å². The van der Waals surface area contributed by atoms with Gasteiger partial charge in [-0.3, -0.25) is 4.79 Å². The number of hydrogen-bond donors (Lipinski definition) is 2. The van der Waals surface area contributed by atoms with Crippen molar-refractivity contribution in [2.24, 2.45) is 11.8 Å². The van der Waals surface area contributed by atoms with E-state index in [1.807, 2.05) is 19.9 Å². The molecule has 0 unspecified atom stereocenters. The molecule has 3 heteroatoms. The molecule has 0 amide bonds. The third-order valence-electron chi connectivity index (χ3n) is 2.36. The van der Waals surface area contributed by atoms with E-state index in [2.05, 4.69) is 13.0 Å². The summed E-state index contributed by atoms with van der Waals surface area (Å²) in [5, 5.41) is 16.1. The summed E-state index contributed by atoms with van der Waals surface area (Å²) < 4.78 is 0. The van der Waals surface area contributed by atoms with Gasteiger partial charge in [0.1, 0.15) is 0 Å². The Morgan fingerprint density at radius 2 is 2.07 bits per heavy atom. The van der Waals surface area contributed by atoms with Gasteiger partial charge in [0.25, 0.3) is 0 Å². The SMILES string of the molecule is CCC=C[C@@H](C)[C@@H](C)C(=N)CC(=O)O. The molecule has 3 nitrogen and oxygen atoms in total. The number of nitrogens with one attached hydrogen (secondary N) is 1. The zero-order valence-corrected chi connectivity index (χ0v) is 9.08. The Hall–Kier alpha value is -1.12. The predicted molar refractivity (Wildman–Crippen MR) is 57.7 cm³/mol. The van der Waals surface area contributed by atoms with Crippen LogP contribution in [0.1, 0.15) is 33.6 Å². The van der Waals surface area contributed by atoms with Gasteiger partial charge in [0, 0.05) is 11.6 Å². The van der Waals surface area contributed by atoms with Crippen LogP contribution in [0.3, 0.4) is 0 Å². The molecule has 0 aromatic heterocycles. The standard InChI is InChI=1S/C11H19NO2/c1-4-5-6-8(2)9(3)10(12)7-11(13)14/h5-6,8-9,12H,4,7H2,1-3H3,(H,13,14)/t8-,9-/m1/s1. The van der Waals surface area contributed by atoms with Crippen molar-refractivity contribution in [3.8, 4) is 0 Å². The summed E-state index contributed by atoms with van der Waals surface area (Å²) in [5.41, 5.74) is 0.297. The first kappa shape index (κ1) is 12.9. The van der Waals surface area contributed by atoms with E-state index in [0.717, 1.165) is 6.42 Å². The van der Waals surface area contributed by atoms with Crippen LogP contribution in [0, 0.1) is 17.2 Å². The molecule has 0 aromatic rings. The van der Waals surface area contributed by atoms with Crippen LogP contribution in [0.25, 0.3) is 0 Å². The highest BCUT2D eigenvalue weighted by Gasteiger charge is 2.16. The lowest BCUT2D eigenvalue weighted by atomic mass is 9.89. The Kier molecular flexibility index (Phi) is 5.84. The molecule has 0 bridgehead atoms. The van der Waals surface area contributed by atoms with E-state index in [1.165, 1.54) is 0 Å². The third-order valence-corrected chi connectivity index (χ3v) is 2.36. The van der Waals surface area contributed by atoms with Crippen LogP contribution in [0.4, 0.5) is 0 Å². The number of aliphatic carboxylic acids is 1. The van der Waals surface area contributed by atoms with Gasteiger partial charge in [-0.15, -0.1) is 0 Å². The highest BCUT2D eigenvalue weighted by molar-refractivity contribution is 5.97. The van der Waals surface area contributed by atoms with E-state index in [1.54, 1.807) is 0 Å². The quantitative estimate of drug-likeness (QED) is 0.508. The smallest absolute Gasteiger partial charge is 0.309 e. The molecule has 80 valence electrons. The molecule has 0 aliphatic rings. The van der Waals surface area contributed by atoms with Crippen LogP contribution < -0.4 is 0 Å². The monoisotopic (exact) mass is 197 g/mol. The zero-order valence-electron chi connectivity index (χ0n) is 9.08. The molecule has 0 aromatic carbocycles. The highest BCUT2D eigenvalue weighted by Crippen LogP contribution is 2.15. The Labute approximate surface area is 85.3 Å². The number of hydrogen-bond acceptors (Lipinski definition) is 2. The number of rotatable bonds is 6. The van der Waals surface area contributed by atoms with Gasteiger partial charge < -0.3 is 10.5 Å². The molecular formula is C11H19NO2. The molecule has 0 heterocycles. The Morgan fingerprint density at radius 3 is 2.50 bits per heavy atom. The van der Waals surface area contributed by atoms with Crippen LogP contribution in [-0.2, 0) is 4.79 Å². The summed E-state index contributed by atoms with van der Waals surface area (Å²) in [7, 11) is 0. The molecule has 0 fully saturated rings. The first-order valence-electron chi connectivity index (χ1n) is 4.94. The Bertz CT molecular complexity index is 233. The maximum absolute atomic E-state index is 10.4. The number of allylic oxidation sites excluding steroid dienone is 2. The lowest BCUT2D eigenvalue weighted by molar-refractivity contribution is -0.135. The van der Waals surface area contributed by atoms with Gasteiger partial charge in [-0.2, -0.15) is 0 Å². The second kappa shape index (κ2) is 6.35. The van der Waals surface area contributed by atoms with E-state index in [0.29, 0.717) is 5.71 Å². The predicted octanol–water partition coefficient (Wildman–Crippen LogP) is 2.72. The van der Waals surface area contributed by atoms with Crippen molar-refractivity contribution >= 4 is 11.7 Å². The second-order valence-corrected chi connectivity index (χ2v) is 3.58. The minimum atomic E-state index is -0.923. The van der Waals surface area contributed by atoms with Crippen LogP contribution >= 0.6 is 0 Å². The summed E-state index contributed by atoms with van der Waals surface area (Å²) >= 11 is 0. The average molecular weight is 197 g/mol. The maximum Gasteiger partial charge on any atom is 0.309 e. The van der Waals surface area contributed by atoms with Crippen molar-refractivity contribution < 1.29 is 9.90 Å². The van der Waals surface area contributed by atoms with E-state index in [4.69, 9.17) is 10.5 Å². The minimum absolute atomic E-state index is 0.00824. The first-order chi connectivity index (χ1) is 6.49. The fourth-order valence-corrected chi connectivity index (χ4v) is 1.16. The van der Waals surface area contributed by atoms with Gasteiger partial charge in [-0.05, 0) is 12.3 Å². The number of carboxylic acids is 1. The molecule has 0 saturated carbocycles. The van der Waals surface area contributed by atoms with Crippen LogP contribution in [0.2, 0.25) is 0 Å². The molecule has 0 spiro atoms. The van der Waals surface area contributed by atoms with Crippen molar-refractivity contribution in [3.05, 3.63) is 12.2 Å². The van der Waals surface area contributed by atoms with Crippen molar-refractivity contribution in [1.29, 1.82) is 5.41 Å². The fourth-order valence-electron chi connectivity index (χ4n) is 1.16. The fraction of sp³-hybridized carbons (Fsp3) is 0.636. The lowest BCUT2D eigenvalue weighted by Crippen LogP contribution is -2.19. The molecule has 0 aliphatic carbocycles. The lowest BCUT2D eigenvalue weighted by Gasteiger charge is -2.16. The van der Waals surface area contributed by atoms with E-state index < -0.39 is 5.97 Å². The van der Waals surface area contributed by atoms with Crippen LogP contribution in [0.5, 0.6) is 0 Å². The maximum atomic E-state index is 10.4. The van der Waals surface area contributed by atoms with Crippen molar-refractivity contribution in [1.82, 2.24) is 0 Å². The van der Waals surface area contributed by atoms with Gasteiger partial charge in [0.15, 0.2) is 0 Å². The zero-order chi connectivity index (χ0) is 11.1. The molecule has 2 N–H and O–H groups in total. The number of carbonyl (C=O) groups is 1. The first-order valence-corrected chi connectivity index (χ1v) is 4.94. The van der Waals surface area contributed by atoms with Crippen LogP contribution in [-0.4, -0.2) is 16.8 Å². The number of carboxylic acid groups (broad SMARTS) is 1. The Morgan fingerprint density at radius 1 is 1.50 bits per heavy atom. The van der Waals surface area contributed by atoms with Gasteiger partial charge in [-0.1, -0.05) is 32.9 Å². The molecule has 2 atom stereocenters. The summed E-state index contributed by atoms with van der Waals surface area (Å²) in [5.74, 6) is -0.677. The molecular weight excluding hydrogens is 178 g/mol. The second-order valence-electron chi connectivity index (χ2n) is 3.58. The molecule has 0 radical (unpaired) electrons. The summed E-state index contributed by atoms with van der Waals surface area (Å²) in [6, 6.07) is 0. The van der Waals surface area contributed by atoms with Gasteiger partial charge >= 0.3 is 5.97 Å². The topological polar surface area (TPSA) is 61.2 Å². The average Bonchev–Trinajstić information content (AvgIpc) is 2.11. The van der Waals surface area contributed by atoms with Crippen molar-refractivity contribution in [2.75, 3.05) is 0 Å². The molecule has 0 saturated heterocycles. The summed E-state index contributed by atoms with van der Waals surface area (Å²) in [4.78, 5) is 10.4. The Balaban J connectivity index is 4.16. The van der Waals surface area contributed by atoms with Gasteiger partial charge in [-0.25, -0.2) is 0 Å². The summed E-state index contributed by atoms with van der Waals surface area (Å²) in [6.07, 6.45) is 4.92. The van der Waals surface area contributed by atoms with Gasteiger partial charge in [0.05, 0.1) is 6.42 Å². The van der Waals surface area contributed by atoms with E-state index >= 15 is 0 Å². The molecule has 14 heavy (non-hydrogen) atoms. The van der Waals surface area contributed by atoms with Crippen molar-refractivity contribution in [3.63, 3.8) is 0 Å². The molecule has 0 aliphatic heterocycles. The summed E-state index contributed by atoms with van der Waals surface area (Å²) in [6.45, 7) is 5.96. The minimum Gasteiger partial charge on any atom is -0.481 e. The van der Waals surface area contributed by atoms with E-state index in [-0.39, 0.29) is 18.3 Å². The third kappa shape index (κ3) is 4.80. The molecule has 0 rings (SSSR count). The highest BCUT2D eigenvalue weighted by atomic mass is 16.4. The van der Waals surface area contributed by atoms with Crippen LogP contribution in [0.15, 0.2) is 12.2 Å². The van der Waals surface area contributed by atoms with E-state index in [9.17, 15) is 4.79 Å². The largest absolute Gasteiger partial charge is 0.481 e. The normalized spacial score (nSPS) is 15.4. The van der Waals surface area contributed by atoms with Crippen molar-refractivity contribution in [2.45, 2.75) is 33.6 Å².